The van der Waals surface area contributed by atoms with Crippen molar-refractivity contribution in [2.75, 3.05) is 6.61 Å². The van der Waals surface area contributed by atoms with Crippen LogP contribution in [-0.4, -0.2) is 38.0 Å². The first-order valence-corrected chi connectivity index (χ1v) is 8.44. The van der Waals surface area contributed by atoms with Crippen molar-refractivity contribution in [3.05, 3.63) is 64.4 Å². The number of aliphatic hydroxyl groups is 1. The number of halogens is 2. The van der Waals surface area contributed by atoms with Crippen molar-refractivity contribution >= 4 is 15.9 Å². The second-order valence-corrected chi connectivity index (χ2v) is 6.35. The highest BCUT2D eigenvalue weighted by atomic mass is 79.9. The number of aromatic nitrogens is 4. The maximum atomic E-state index is 13.5. The van der Waals surface area contributed by atoms with E-state index < -0.39 is 6.10 Å². The molecule has 0 aliphatic rings. The second-order valence-electron chi connectivity index (χ2n) is 5.44. The van der Waals surface area contributed by atoms with E-state index in [0.29, 0.717) is 11.4 Å². The van der Waals surface area contributed by atoms with Gasteiger partial charge in [0.1, 0.15) is 5.82 Å². The van der Waals surface area contributed by atoms with Crippen LogP contribution in [0.4, 0.5) is 4.39 Å². The predicted octanol–water partition coefficient (Wildman–Crippen LogP) is 2.82. The highest BCUT2D eigenvalue weighted by Gasteiger charge is 2.11. The van der Waals surface area contributed by atoms with E-state index in [4.69, 9.17) is 4.74 Å². The van der Waals surface area contributed by atoms with Gasteiger partial charge in [-0.2, -0.15) is 4.80 Å². The van der Waals surface area contributed by atoms with E-state index >= 15 is 0 Å². The number of rotatable bonds is 7. The lowest BCUT2D eigenvalue weighted by molar-refractivity contribution is 0.0156. The van der Waals surface area contributed by atoms with Crippen LogP contribution in [0.5, 0.6) is 0 Å². The maximum absolute atomic E-state index is 13.5. The molecule has 25 heavy (non-hydrogen) atoms. The maximum Gasteiger partial charge on any atom is 0.204 e. The van der Waals surface area contributed by atoms with E-state index in [9.17, 15) is 9.50 Å². The monoisotopic (exact) mass is 406 g/mol. The molecule has 0 fully saturated rings. The van der Waals surface area contributed by atoms with Gasteiger partial charge in [-0.15, -0.1) is 10.2 Å². The third-order valence-corrected chi connectivity index (χ3v) is 3.98. The smallest absolute Gasteiger partial charge is 0.204 e. The van der Waals surface area contributed by atoms with Crippen molar-refractivity contribution in [2.24, 2.45) is 0 Å². The number of benzene rings is 2. The molecule has 0 aliphatic heterocycles. The molecule has 0 saturated heterocycles. The third kappa shape index (κ3) is 4.91. The summed E-state index contributed by atoms with van der Waals surface area (Å²) in [5, 5.41) is 22.1. The molecule has 8 heteroatoms. The first kappa shape index (κ1) is 17.7. The van der Waals surface area contributed by atoms with Gasteiger partial charge in [0, 0.05) is 15.6 Å². The van der Waals surface area contributed by atoms with Gasteiger partial charge in [-0.1, -0.05) is 34.1 Å². The summed E-state index contributed by atoms with van der Waals surface area (Å²) >= 11 is 3.37. The minimum Gasteiger partial charge on any atom is -0.389 e. The fraction of sp³-hybridized carbons (Fsp3) is 0.235. The Kier molecular flexibility index (Phi) is 5.85. The molecule has 0 amide bonds. The zero-order chi connectivity index (χ0) is 17.6. The summed E-state index contributed by atoms with van der Waals surface area (Å²) in [5.41, 5.74) is 1.28. The molecule has 0 radical (unpaired) electrons. The van der Waals surface area contributed by atoms with Crippen molar-refractivity contribution in [2.45, 2.75) is 19.3 Å². The zero-order valence-corrected chi connectivity index (χ0v) is 14.8. The van der Waals surface area contributed by atoms with Gasteiger partial charge in [-0.05, 0) is 35.5 Å². The lowest BCUT2D eigenvalue weighted by Gasteiger charge is -2.10. The molecule has 130 valence electrons. The molecule has 2 aromatic carbocycles. The highest BCUT2D eigenvalue weighted by Crippen LogP contribution is 2.17. The van der Waals surface area contributed by atoms with E-state index in [1.54, 1.807) is 18.2 Å². The fourth-order valence-corrected chi connectivity index (χ4v) is 2.46. The molecule has 1 aromatic heterocycles. The Morgan fingerprint density at radius 2 is 1.92 bits per heavy atom. The molecular formula is C17H16BrFN4O2. The van der Waals surface area contributed by atoms with E-state index in [2.05, 4.69) is 31.3 Å². The Bertz CT molecular complexity index is 826. The Balaban J connectivity index is 1.50. The largest absolute Gasteiger partial charge is 0.389 e. The van der Waals surface area contributed by atoms with Crippen LogP contribution in [0.2, 0.25) is 0 Å². The third-order valence-electron chi connectivity index (χ3n) is 3.45. The van der Waals surface area contributed by atoms with Crippen molar-refractivity contribution < 1.29 is 14.2 Å². The summed E-state index contributed by atoms with van der Waals surface area (Å²) in [5.74, 6) is 0.154. The number of nitrogens with zero attached hydrogens (tertiary/aromatic N) is 4. The van der Waals surface area contributed by atoms with E-state index in [-0.39, 0.29) is 25.6 Å². The SMILES string of the molecule is O[C@H](COCc1ccccc1F)Cn1nnc(-c2ccc(Br)cc2)n1. The summed E-state index contributed by atoms with van der Waals surface area (Å²) in [6.07, 6.45) is -0.821. The van der Waals surface area contributed by atoms with Gasteiger partial charge < -0.3 is 9.84 Å². The predicted molar refractivity (Wildman–Crippen MR) is 93.0 cm³/mol. The van der Waals surface area contributed by atoms with Gasteiger partial charge in [-0.3, -0.25) is 0 Å². The van der Waals surface area contributed by atoms with Gasteiger partial charge in [-0.25, -0.2) is 4.39 Å². The van der Waals surface area contributed by atoms with Crippen molar-refractivity contribution in [1.29, 1.82) is 0 Å². The van der Waals surface area contributed by atoms with Gasteiger partial charge in [0.05, 0.1) is 25.9 Å². The van der Waals surface area contributed by atoms with Crippen LogP contribution >= 0.6 is 15.9 Å². The van der Waals surface area contributed by atoms with E-state index in [1.807, 2.05) is 24.3 Å². The van der Waals surface area contributed by atoms with Crippen LogP contribution in [0.15, 0.2) is 53.0 Å². The van der Waals surface area contributed by atoms with Gasteiger partial charge in [0.25, 0.3) is 0 Å². The molecule has 0 bridgehead atoms. The lowest BCUT2D eigenvalue weighted by Crippen LogP contribution is -2.23. The highest BCUT2D eigenvalue weighted by molar-refractivity contribution is 9.10. The number of hydrogen-bond acceptors (Lipinski definition) is 5. The minimum absolute atomic E-state index is 0.0451. The minimum atomic E-state index is -0.821. The number of ether oxygens (including phenoxy) is 1. The molecule has 3 rings (SSSR count). The van der Waals surface area contributed by atoms with E-state index in [1.165, 1.54) is 10.9 Å². The molecule has 0 unspecified atom stereocenters. The molecular weight excluding hydrogens is 391 g/mol. The van der Waals surface area contributed by atoms with E-state index in [0.717, 1.165) is 10.0 Å². The summed E-state index contributed by atoms with van der Waals surface area (Å²) < 4.78 is 19.8. The fourth-order valence-electron chi connectivity index (χ4n) is 2.20. The van der Waals surface area contributed by atoms with Crippen molar-refractivity contribution in [3.8, 4) is 11.4 Å². The Morgan fingerprint density at radius 3 is 2.68 bits per heavy atom. The average Bonchev–Trinajstić information content (AvgIpc) is 3.05. The molecule has 1 atom stereocenters. The van der Waals surface area contributed by atoms with Gasteiger partial charge >= 0.3 is 0 Å². The lowest BCUT2D eigenvalue weighted by atomic mass is 10.2. The van der Waals surface area contributed by atoms with Crippen molar-refractivity contribution in [1.82, 2.24) is 20.2 Å². The van der Waals surface area contributed by atoms with Crippen LogP contribution in [-0.2, 0) is 17.9 Å². The van der Waals surface area contributed by atoms with Gasteiger partial charge in [0.15, 0.2) is 0 Å². The Morgan fingerprint density at radius 1 is 1.16 bits per heavy atom. The van der Waals surface area contributed by atoms with Crippen LogP contribution in [0.1, 0.15) is 5.56 Å². The normalized spacial score (nSPS) is 12.3. The standard InChI is InChI=1S/C17H16BrFN4O2/c18-14-7-5-12(6-8-14)17-20-22-23(21-17)9-15(24)11-25-10-13-3-1-2-4-16(13)19/h1-8,15,24H,9-11H2/t15-/m0/s1. The number of tetrazole rings is 1. The molecule has 1 heterocycles. The first-order valence-electron chi connectivity index (χ1n) is 7.65. The first-order chi connectivity index (χ1) is 12.1. The Labute approximate surface area is 152 Å². The quantitative estimate of drug-likeness (QED) is 0.652. The zero-order valence-electron chi connectivity index (χ0n) is 13.2. The Hall–Kier alpha value is -2.16. The number of aliphatic hydroxyl groups excluding tert-OH is 1. The molecule has 3 aromatic rings. The summed E-state index contributed by atoms with van der Waals surface area (Å²) in [4.78, 5) is 1.31. The average molecular weight is 407 g/mol. The molecule has 0 saturated carbocycles. The number of hydrogen-bond donors (Lipinski definition) is 1. The summed E-state index contributed by atoms with van der Waals surface area (Å²) in [7, 11) is 0. The van der Waals surface area contributed by atoms with Crippen LogP contribution < -0.4 is 0 Å². The molecule has 1 N–H and O–H groups in total. The topological polar surface area (TPSA) is 73.1 Å². The summed E-state index contributed by atoms with van der Waals surface area (Å²) in [6, 6.07) is 13.9. The molecule has 6 nitrogen and oxygen atoms in total. The second kappa shape index (κ2) is 8.28. The van der Waals surface area contributed by atoms with Crippen LogP contribution in [0.3, 0.4) is 0 Å². The molecule has 0 spiro atoms. The van der Waals surface area contributed by atoms with Gasteiger partial charge in [0.2, 0.25) is 5.82 Å². The van der Waals surface area contributed by atoms with Crippen LogP contribution in [0, 0.1) is 5.82 Å². The summed E-state index contributed by atoms with van der Waals surface area (Å²) in [6.45, 7) is 0.281. The molecule has 0 aliphatic carbocycles. The van der Waals surface area contributed by atoms with Crippen LogP contribution in [0.25, 0.3) is 11.4 Å². The van der Waals surface area contributed by atoms with Crippen molar-refractivity contribution in [3.63, 3.8) is 0 Å².